The monoisotopic (exact) mass is 174 g/mol. The van der Waals surface area contributed by atoms with Gasteiger partial charge in [-0.15, -0.1) is 0 Å². The summed E-state index contributed by atoms with van der Waals surface area (Å²) < 4.78 is 0. The maximum absolute atomic E-state index is 10.9. The molecular weight excluding hydrogens is 156 g/mol. The maximum Gasteiger partial charge on any atom is 0.338 e. The SMILES string of the molecule is CCCCC(NC)(NC)C(=O)O. The molecule has 0 unspecified atom stereocenters. The molecule has 0 fully saturated rings. The predicted octanol–water partition coefficient (Wildman–Crippen LogP) is 0.396. The highest BCUT2D eigenvalue weighted by Gasteiger charge is 2.33. The number of carboxylic acids is 1. The number of carboxylic acid groups (broad SMARTS) is 1. The van der Waals surface area contributed by atoms with Crippen molar-refractivity contribution in [2.24, 2.45) is 0 Å². The van der Waals surface area contributed by atoms with E-state index in [9.17, 15) is 4.79 Å². The standard InChI is InChI=1S/C8H18N2O2/c1-4-5-6-8(9-2,10-3)7(11)12/h9-10H,4-6H2,1-3H3,(H,11,12). The molecule has 0 aromatic rings. The van der Waals surface area contributed by atoms with E-state index in [1.807, 2.05) is 6.92 Å². The molecule has 0 aliphatic carbocycles. The van der Waals surface area contributed by atoms with Crippen molar-refractivity contribution in [3.63, 3.8) is 0 Å². The Labute approximate surface area is 73.3 Å². The zero-order valence-corrected chi connectivity index (χ0v) is 7.98. The molecule has 0 spiro atoms. The summed E-state index contributed by atoms with van der Waals surface area (Å²) in [6.45, 7) is 2.04. The predicted molar refractivity (Wildman–Crippen MR) is 48.0 cm³/mol. The van der Waals surface area contributed by atoms with Crippen LogP contribution in [-0.4, -0.2) is 30.8 Å². The third-order valence-corrected chi connectivity index (χ3v) is 2.12. The molecule has 0 aliphatic heterocycles. The van der Waals surface area contributed by atoms with E-state index >= 15 is 0 Å². The molecule has 0 aliphatic rings. The lowest BCUT2D eigenvalue weighted by atomic mass is 10.0. The molecule has 0 saturated heterocycles. The zero-order chi connectivity index (χ0) is 9.61. The Balaban J connectivity index is 4.25. The van der Waals surface area contributed by atoms with Crippen molar-refractivity contribution < 1.29 is 9.90 Å². The van der Waals surface area contributed by atoms with Crippen LogP contribution in [0.3, 0.4) is 0 Å². The number of nitrogens with one attached hydrogen (secondary N) is 2. The minimum absolute atomic E-state index is 0.603. The summed E-state index contributed by atoms with van der Waals surface area (Å²) in [5.74, 6) is -0.846. The molecule has 72 valence electrons. The molecule has 0 rings (SSSR count). The van der Waals surface area contributed by atoms with Crippen LogP contribution >= 0.6 is 0 Å². The van der Waals surface area contributed by atoms with Crippen LogP contribution < -0.4 is 10.6 Å². The van der Waals surface area contributed by atoms with Gasteiger partial charge in [-0.05, 0) is 26.9 Å². The van der Waals surface area contributed by atoms with Gasteiger partial charge in [0, 0.05) is 0 Å². The molecule has 0 aromatic carbocycles. The minimum Gasteiger partial charge on any atom is -0.479 e. The molecule has 12 heavy (non-hydrogen) atoms. The summed E-state index contributed by atoms with van der Waals surface area (Å²) in [4.78, 5) is 10.9. The average Bonchev–Trinajstić information content (AvgIpc) is 2.07. The van der Waals surface area contributed by atoms with E-state index in [1.165, 1.54) is 0 Å². The number of hydrogen-bond donors (Lipinski definition) is 3. The van der Waals surface area contributed by atoms with Gasteiger partial charge in [-0.25, -0.2) is 4.79 Å². The van der Waals surface area contributed by atoms with Gasteiger partial charge in [0.2, 0.25) is 0 Å². The fourth-order valence-corrected chi connectivity index (χ4v) is 1.14. The van der Waals surface area contributed by atoms with Crippen LogP contribution in [0.25, 0.3) is 0 Å². The van der Waals surface area contributed by atoms with E-state index in [0.717, 1.165) is 12.8 Å². The Morgan fingerprint density at radius 2 is 1.92 bits per heavy atom. The molecule has 4 nitrogen and oxygen atoms in total. The van der Waals surface area contributed by atoms with Crippen molar-refractivity contribution in [1.29, 1.82) is 0 Å². The van der Waals surface area contributed by atoms with E-state index in [2.05, 4.69) is 10.6 Å². The molecule has 0 aromatic heterocycles. The van der Waals surface area contributed by atoms with Crippen LogP contribution in [0.1, 0.15) is 26.2 Å². The van der Waals surface area contributed by atoms with Crippen molar-refractivity contribution in [3.8, 4) is 0 Å². The quantitative estimate of drug-likeness (QED) is 0.510. The van der Waals surface area contributed by atoms with Gasteiger partial charge in [-0.1, -0.05) is 13.3 Å². The Morgan fingerprint density at radius 1 is 1.42 bits per heavy atom. The Morgan fingerprint density at radius 3 is 2.17 bits per heavy atom. The molecule has 0 radical (unpaired) electrons. The van der Waals surface area contributed by atoms with Gasteiger partial charge >= 0.3 is 5.97 Å². The molecule has 0 saturated carbocycles. The van der Waals surface area contributed by atoms with Crippen molar-refractivity contribution in [3.05, 3.63) is 0 Å². The zero-order valence-electron chi connectivity index (χ0n) is 7.98. The van der Waals surface area contributed by atoms with Crippen molar-refractivity contribution in [2.75, 3.05) is 14.1 Å². The van der Waals surface area contributed by atoms with Crippen LogP contribution in [0, 0.1) is 0 Å². The second kappa shape index (κ2) is 5.11. The number of hydrogen-bond acceptors (Lipinski definition) is 3. The topological polar surface area (TPSA) is 61.4 Å². The Kier molecular flexibility index (Phi) is 4.85. The van der Waals surface area contributed by atoms with Crippen LogP contribution in [-0.2, 0) is 4.79 Å². The van der Waals surface area contributed by atoms with Crippen LogP contribution in [0.15, 0.2) is 0 Å². The van der Waals surface area contributed by atoms with E-state index < -0.39 is 11.6 Å². The fraction of sp³-hybridized carbons (Fsp3) is 0.875. The number of carbonyl (C=O) groups is 1. The molecule has 4 heteroatoms. The molecule has 0 heterocycles. The van der Waals surface area contributed by atoms with Gasteiger partial charge < -0.3 is 5.11 Å². The summed E-state index contributed by atoms with van der Waals surface area (Å²) in [5.41, 5.74) is -0.948. The normalized spacial score (nSPS) is 11.6. The average molecular weight is 174 g/mol. The maximum atomic E-state index is 10.9. The molecule has 0 atom stereocenters. The number of likely N-dealkylation sites (N-methyl/N-ethyl adjacent to an activating group) is 2. The summed E-state index contributed by atoms with van der Waals surface area (Å²) in [6.07, 6.45) is 2.50. The van der Waals surface area contributed by atoms with Gasteiger partial charge in [0.1, 0.15) is 0 Å². The Hall–Kier alpha value is -0.610. The van der Waals surface area contributed by atoms with Gasteiger partial charge in [0.05, 0.1) is 0 Å². The van der Waals surface area contributed by atoms with Gasteiger partial charge in [-0.3, -0.25) is 10.6 Å². The highest BCUT2D eigenvalue weighted by atomic mass is 16.4. The van der Waals surface area contributed by atoms with Gasteiger partial charge in [-0.2, -0.15) is 0 Å². The van der Waals surface area contributed by atoms with Crippen LogP contribution in [0.5, 0.6) is 0 Å². The third-order valence-electron chi connectivity index (χ3n) is 2.12. The summed E-state index contributed by atoms with van der Waals surface area (Å²) >= 11 is 0. The van der Waals surface area contributed by atoms with E-state index in [0.29, 0.717) is 6.42 Å². The van der Waals surface area contributed by atoms with Crippen molar-refractivity contribution >= 4 is 5.97 Å². The largest absolute Gasteiger partial charge is 0.479 e. The van der Waals surface area contributed by atoms with E-state index in [1.54, 1.807) is 14.1 Å². The number of unbranched alkanes of at least 4 members (excludes halogenated alkanes) is 1. The van der Waals surface area contributed by atoms with E-state index in [4.69, 9.17) is 5.11 Å². The van der Waals surface area contributed by atoms with Crippen LogP contribution in [0.4, 0.5) is 0 Å². The minimum atomic E-state index is -0.948. The van der Waals surface area contributed by atoms with Crippen molar-refractivity contribution in [1.82, 2.24) is 10.6 Å². The van der Waals surface area contributed by atoms with E-state index in [-0.39, 0.29) is 0 Å². The summed E-state index contributed by atoms with van der Waals surface area (Å²) in [5, 5.41) is 14.5. The number of rotatable bonds is 6. The lowest BCUT2D eigenvalue weighted by Gasteiger charge is -2.28. The van der Waals surface area contributed by atoms with Crippen LogP contribution in [0.2, 0.25) is 0 Å². The van der Waals surface area contributed by atoms with Crippen molar-refractivity contribution in [2.45, 2.75) is 31.8 Å². The first kappa shape index (κ1) is 11.4. The fourth-order valence-electron chi connectivity index (χ4n) is 1.14. The Bertz CT molecular complexity index is 144. The molecule has 0 bridgehead atoms. The first-order valence-electron chi connectivity index (χ1n) is 4.24. The van der Waals surface area contributed by atoms with Gasteiger partial charge in [0.25, 0.3) is 0 Å². The molecule has 3 N–H and O–H groups in total. The number of aliphatic carboxylic acids is 1. The second-order valence-electron chi connectivity index (χ2n) is 2.81. The lowest BCUT2D eigenvalue weighted by molar-refractivity contribution is -0.146. The summed E-state index contributed by atoms with van der Waals surface area (Å²) in [6, 6.07) is 0. The van der Waals surface area contributed by atoms with Gasteiger partial charge in [0.15, 0.2) is 5.66 Å². The summed E-state index contributed by atoms with van der Waals surface area (Å²) in [7, 11) is 3.31. The second-order valence-corrected chi connectivity index (χ2v) is 2.81. The molecular formula is C8H18N2O2. The third kappa shape index (κ3) is 2.46. The first-order chi connectivity index (χ1) is 5.63. The highest BCUT2D eigenvalue weighted by molar-refractivity contribution is 5.78. The first-order valence-corrected chi connectivity index (χ1v) is 4.24. The highest BCUT2D eigenvalue weighted by Crippen LogP contribution is 2.10. The smallest absolute Gasteiger partial charge is 0.338 e. The lowest BCUT2D eigenvalue weighted by Crippen LogP contribution is -2.59. The molecule has 0 amide bonds.